The smallest absolute Gasteiger partial charge is 0.387 e. The number of carbonyl (C=O) groups excluding carboxylic acids is 2. The molecule has 1 aliphatic rings. The average Bonchev–Trinajstić information content (AvgIpc) is 2.73. The summed E-state index contributed by atoms with van der Waals surface area (Å²) in [5, 5.41) is 11.4. The number of rotatable bonds is 5. The van der Waals surface area contributed by atoms with Gasteiger partial charge >= 0.3 is 6.61 Å². The van der Waals surface area contributed by atoms with Crippen molar-refractivity contribution in [1.82, 2.24) is 9.80 Å². The minimum absolute atomic E-state index is 0.00841. The molecule has 3 rings (SSSR count). The van der Waals surface area contributed by atoms with Gasteiger partial charge in [-0.3, -0.25) is 19.7 Å². The van der Waals surface area contributed by atoms with Crippen LogP contribution < -0.4 is 4.74 Å². The van der Waals surface area contributed by atoms with Gasteiger partial charge in [0.05, 0.1) is 10.5 Å². The predicted molar refractivity (Wildman–Crippen MR) is 103 cm³/mol. The van der Waals surface area contributed by atoms with Gasteiger partial charge < -0.3 is 14.5 Å². The summed E-state index contributed by atoms with van der Waals surface area (Å²) < 4.78 is 29.5. The highest BCUT2D eigenvalue weighted by Crippen LogP contribution is 2.26. The number of nitro benzene ring substituents is 1. The molecule has 1 heterocycles. The van der Waals surface area contributed by atoms with Gasteiger partial charge in [-0.15, -0.1) is 0 Å². The van der Waals surface area contributed by atoms with E-state index in [4.69, 9.17) is 11.6 Å². The zero-order valence-corrected chi connectivity index (χ0v) is 16.2. The predicted octanol–water partition coefficient (Wildman–Crippen LogP) is 3.45. The fourth-order valence-electron chi connectivity index (χ4n) is 3.13. The number of nitrogens with zero attached hydrogens (tertiary/aromatic N) is 3. The van der Waals surface area contributed by atoms with Crippen LogP contribution in [0.2, 0.25) is 5.02 Å². The van der Waals surface area contributed by atoms with Gasteiger partial charge in [0.15, 0.2) is 0 Å². The van der Waals surface area contributed by atoms with E-state index in [9.17, 15) is 28.5 Å². The summed E-state index contributed by atoms with van der Waals surface area (Å²) in [7, 11) is 0. The van der Waals surface area contributed by atoms with E-state index >= 15 is 0 Å². The topological polar surface area (TPSA) is 93.0 Å². The number of nitro groups is 1. The van der Waals surface area contributed by atoms with E-state index < -0.39 is 29.0 Å². The molecule has 0 aliphatic carbocycles. The summed E-state index contributed by atoms with van der Waals surface area (Å²) in [5.74, 6) is -1.28. The van der Waals surface area contributed by atoms with Crippen molar-refractivity contribution in [2.45, 2.75) is 6.61 Å². The van der Waals surface area contributed by atoms with E-state index in [1.807, 2.05) is 0 Å². The van der Waals surface area contributed by atoms with Crippen molar-refractivity contribution in [3.8, 4) is 5.75 Å². The molecule has 1 fully saturated rings. The summed E-state index contributed by atoms with van der Waals surface area (Å²) in [6, 6.07) is 9.46. The molecule has 0 spiro atoms. The molecule has 11 heteroatoms. The van der Waals surface area contributed by atoms with Gasteiger partial charge in [-0.25, -0.2) is 0 Å². The van der Waals surface area contributed by atoms with Crippen LogP contribution in [0, 0.1) is 10.1 Å². The number of piperazine rings is 1. The van der Waals surface area contributed by atoms with Crippen LogP contribution in [-0.4, -0.2) is 59.3 Å². The molecular weight excluding hydrogens is 424 g/mol. The van der Waals surface area contributed by atoms with Crippen molar-refractivity contribution < 1.29 is 28.0 Å². The number of amides is 2. The molecule has 0 saturated carbocycles. The second kappa shape index (κ2) is 9.04. The zero-order valence-electron chi connectivity index (χ0n) is 15.5. The quantitative estimate of drug-likeness (QED) is 0.525. The number of benzene rings is 2. The molecule has 158 valence electrons. The molecule has 8 nitrogen and oxygen atoms in total. The number of alkyl halides is 2. The summed E-state index contributed by atoms with van der Waals surface area (Å²) in [6.07, 6.45) is 0. The van der Waals surface area contributed by atoms with Crippen LogP contribution in [0.5, 0.6) is 5.75 Å². The van der Waals surface area contributed by atoms with Crippen molar-refractivity contribution >= 4 is 29.1 Å². The number of para-hydroxylation sites is 1. The van der Waals surface area contributed by atoms with Gasteiger partial charge in [-0.1, -0.05) is 23.7 Å². The van der Waals surface area contributed by atoms with Crippen molar-refractivity contribution in [1.29, 1.82) is 0 Å². The van der Waals surface area contributed by atoms with Crippen molar-refractivity contribution in [3.63, 3.8) is 0 Å². The molecule has 2 amide bonds. The lowest BCUT2D eigenvalue weighted by Gasteiger charge is -2.35. The van der Waals surface area contributed by atoms with E-state index in [-0.39, 0.29) is 48.1 Å². The fourth-order valence-corrected chi connectivity index (χ4v) is 3.30. The third-order valence-electron chi connectivity index (χ3n) is 4.57. The largest absolute Gasteiger partial charge is 0.434 e. The minimum Gasteiger partial charge on any atom is -0.434 e. The van der Waals surface area contributed by atoms with E-state index in [2.05, 4.69) is 4.74 Å². The Bertz CT molecular complexity index is 980. The molecule has 30 heavy (non-hydrogen) atoms. The lowest BCUT2D eigenvalue weighted by Crippen LogP contribution is -2.50. The first-order valence-corrected chi connectivity index (χ1v) is 9.22. The van der Waals surface area contributed by atoms with E-state index in [0.29, 0.717) is 0 Å². The van der Waals surface area contributed by atoms with Gasteiger partial charge in [-0.05, 0) is 24.3 Å². The van der Waals surface area contributed by atoms with Crippen molar-refractivity contribution in [2.75, 3.05) is 26.2 Å². The van der Waals surface area contributed by atoms with Gasteiger partial charge in [0, 0.05) is 37.3 Å². The summed E-state index contributed by atoms with van der Waals surface area (Å²) in [5.41, 5.74) is -0.505. The van der Waals surface area contributed by atoms with Crippen LogP contribution in [0.1, 0.15) is 20.7 Å². The first-order chi connectivity index (χ1) is 14.3. The minimum atomic E-state index is -3.07. The SMILES string of the molecule is O=C(c1ccccc1OC(F)F)N1CCN(C(=O)c2ccc(Cl)cc2[N+](=O)[O-])CC1. The van der Waals surface area contributed by atoms with Crippen LogP contribution >= 0.6 is 11.6 Å². The maximum Gasteiger partial charge on any atom is 0.387 e. The summed E-state index contributed by atoms with van der Waals surface area (Å²) in [4.78, 5) is 38.8. The average molecular weight is 440 g/mol. The second-order valence-corrected chi connectivity index (χ2v) is 6.81. The number of ether oxygens (including phenoxy) is 1. The summed E-state index contributed by atoms with van der Waals surface area (Å²) in [6.45, 7) is -2.54. The Kier molecular flexibility index (Phi) is 6.46. The Morgan fingerprint density at radius 3 is 2.13 bits per heavy atom. The molecular formula is C19H16ClF2N3O5. The normalized spacial score (nSPS) is 14.0. The third-order valence-corrected chi connectivity index (χ3v) is 4.81. The Morgan fingerprint density at radius 1 is 1.00 bits per heavy atom. The monoisotopic (exact) mass is 439 g/mol. The van der Waals surface area contributed by atoms with E-state index in [0.717, 1.165) is 6.07 Å². The molecule has 1 aliphatic heterocycles. The fraction of sp³-hybridized carbons (Fsp3) is 0.263. The lowest BCUT2D eigenvalue weighted by atomic mass is 10.1. The number of hydrogen-bond donors (Lipinski definition) is 0. The zero-order chi connectivity index (χ0) is 21.8. The molecule has 0 unspecified atom stereocenters. The molecule has 1 saturated heterocycles. The lowest BCUT2D eigenvalue weighted by molar-refractivity contribution is -0.385. The van der Waals surface area contributed by atoms with Gasteiger partial charge in [0.2, 0.25) is 0 Å². The highest BCUT2D eigenvalue weighted by Gasteiger charge is 2.30. The second-order valence-electron chi connectivity index (χ2n) is 6.38. The Balaban J connectivity index is 1.71. The first kappa shape index (κ1) is 21.4. The number of carbonyl (C=O) groups is 2. The molecule has 0 N–H and O–H groups in total. The molecule has 0 aromatic heterocycles. The number of hydrogen-bond acceptors (Lipinski definition) is 5. The Morgan fingerprint density at radius 2 is 1.57 bits per heavy atom. The maximum atomic E-state index is 12.7. The Hall–Kier alpha value is -3.27. The third kappa shape index (κ3) is 4.65. The van der Waals surface area contributed by atoms with Gasteiger partial charge in [-0.2, -0.15) is 8.78 Å². The van der Waals surface area contributed by atoms with E-state index in [1.54, 1.807) is 0 Å². The van der Waals surface area contributed by atoms with Crippen LogP contribution in [0.3, 0.4) is 0 Å². The molecule has 2 aromatic rings. The highest BCUT2D eigenvalue weighted by molar-refractivity contribution is 6.31. The van der Waals surface area contributed by atoms with Crippen LogP contribution in [0.15, 0.2) is 42.5 Å². The van der Waals surface area contributed by atoms with Crippen molar-refractivity contribution in [3.05, 3.63) is 68.7 Å². The van der Waals surface area contributed by atoms with Crippen LogP contribution in [-0.2, 0) is 0 Å². The molecule has 0 atom stereocenters. The Labute approximate surface area is 174 Å². The number of halogens is 3. The van der Waals surface area contributed by atoms with Gasteiger partial charge in [0.25, 0.3) is 17.5 Å². The van der Waals surface area contributed by atoms with Crippen molar-refractivity contribution in [2.24, 2.45) is 0 Å². The first-order valence-electron chi connectivity index (χ1n) is 8.84. The molecule has 0 bridgehead atoms. The van der Waals surface area contributed by atoms with Crippen LogP contribution in [0.25, 0.3) is 0 Å². The van der Waals surface area contributed by atoms with E-state index in [1.165, 1.54) is 46.2 Å². The van der Waals surface area contributed by atoms with Crippen LogP contribution in [0.4, 0.5) is 14.5 Å². The molecule has 2 aromatic carbocycles. The molecule has 0 radical (unpaired) electrons. The maximum absolute atomic E-state index is 12.7. The standard InChI is InChI=1S/C19H16ClF2N3O5/c20-12-5-6-13(15(11-12)25(28)29)17(26)23-7-9-24(10-8-23)18(27)14-3-1-2-4-16(14)30-19(21)22/h1-6,11,19H,7-10H2. The van der Waals surface area contributed by atoms with Gasteiger partial charge in [0.1, 0.15) is 11.3 Å². The summed E-state index contributed by atoms with van der Waals surface area (Å²) >= 11 is 5.78. The highest BCUT2D eigenvalue weighted by atomic mass is 35.5.